The van der Waals surface area contributed by atoms with E-state index in [1.54, 1.807) is 13.2 Å². The molecule has 1 N–H and O–H groups in total. The van der Waals surface area contributed by atoms with Crippen LogP contribution < -0.4 is 9.47 Å². The summed E-state index contributed by atoms with van der Waals surface area (Å²) in [4.78, 5) is 17.1. The second kappa shape index (κ2) is 10.5. The number of thioether (sulfide) groups is 1. The SMILES string of the molecule is COc1cc(/C=C2/C(=N)N3N=C(C4CCCCC4)SC3=NC2=O)cc(I)c1OCc1ccccc1. The molecule has 0 aromatic heterocycles. The van der Waals surface area contributed by atoms with Gasteiger partial charge in [0.2, 0.25) is 5.17 Å². The van der Waals surface area contributed by atoms with Crippen LogP contribution in [0, 0.1) is 14.9 Å². The van der Waals surface area contributed by atoms with Crippen LogP contribution in [0.2, 0.25) is 0 Å². The quantitative estimate of drug-likeness (QED) is 0.321. The highest BCUT2D eigenvalue weighted by atomic mass is 127. The lowest BCUT2D eigenvalue weighted by molar-refractivity contribution is -0.114. The normalized spacial score (nSPS) is 19.5. The Balaban J connectivity index is 1.39. The predicted molar refractivity (Wildman–Crippen MR) is 148 cm³/mol. The molecule has 3 aliphatic rings. The maximum Gasteiger partial charge on any atom is 0.283 e. The molecule has 1 amide bonds. The van der Waals surface area contributed by atoms with E-state index in [4.69, 9.17) is 14.9 Å². The molecule has 7 nitrogen and oxygen atoms in total. The highest BCUT2D eigenvalue weighted by Gasteiger charge is 2.38. The maximum absolute atomic E-state index is 12.9. The van der Waals surface area contributed by atoms with Crippen molar-refractivity contribution >= 4 is 62.4 Å². The molecule has 2 aliphatic heterocycles. The van der Waals surface area contributed by atoms with Crippen molar-refractivity contribution in [1.82, 2.24) is 5.01 Å². The number of nitrogens with zero attached hydrogens (tertiary/aromatic N) is 3. The van der Waals surface area contributed by atoms with E-state index in [0.717, 1.165) is 32.6 Å². The summed E-state index contributed by atoms with van der Waals surface area (Å²) < 4.78 is 12.5. The molecule has 1 saturated carbocycles. The van der Waals surface area contributed by atoms with Crippen LogP contribution in [-0.4, -0.2) is 34.1 Å². The van der Waals surface area contributed by atoms with Crippen LogP contribution in [0.25, 0.3) is 6.08 Å². The summed E-state index contributed by atoms with van der Waals surface area (Å²) in [6, 6.07) is 13.6. The maximum atomic E-state index is 12.9. The number of hydrogen-bond acceptors (Lipinski definition) is 6. The molecule has 2 aromatic carbocycles. The van der Waals surface area contributed by atoms with Crippen molar-refractivity contribution in [3.05, 3.63) is 62.7 Å². The van der Waals surface area contributed by atoms with Gasteiger partial charge in [-0.2, -0.15) is 15.1 Å². The van der Waals surface area contributed by atoms with E-state index in [1.807, 2.05) is 42.5 Å². The lowest BCUT2D eigenvalue weighted by atomic mass is 9.90. The number of carbonyl (C=O) groups is 1. The Morgan fingerprint density at radius 1 is 1.20 bits per heavy atom. The minimum absolute atomic E-state index is 0.0525. The number of halogens is 1. The average Bonchev–Trinajstić information content (AvgIpc) is 3.31. The fraction of sp³-hybridized carbons (Fsp3) is 0.308. The number of ether oxygens (including phenoxy) is 2. The molecular weight excluding hydrogens is 575 g/mol. The second-order valence-corrected chi connectivity index (χ2v) is 10.8. The summed E-state index contributed by atoms with van der Waals surface area (Å²) in [6.45, 7) is 0.419. The third-order valence-corrected chi connectivity index (χ3v) is 8.09. The number of benzene rings is 2. The van der Waals surface area contributed by atoms with Crippen molar-refractivity contribution in [3.8, 4) is 11.5 Å². The number of amidine groups is 2. The van der Waals surface area contributed by atoms with Gasteiger partial charge in [-0.15, -0.1) is 0 Å². The number of fused-ring (bicyclic) bond motifs is 1. The molecule has 2 heterocycles. The molecule has 1 aliphatic carbocycles. The van der Waals surface area contributed by atoms with Crippen LogP contribution >= 0.6 is 34.4 Å². The van der Waals surface area contributed by atoms with Crippen LogP contribution in [0.1, 0.15) is 43.2 Å². The zero-order valence-corrected chi connectivity index (χ0v) is 22.3. The van der Waals surface area contributed by atoms with Crippen molar-refractivity contribution in [2.45, 2.75) is 38.7 Å². The summed E-state index contributed by atoms with van der Waals surface area (Å²) in [5.41, 5.74) is 2.00. The standard InChI is InChI=1S/C26H25IN4O3S/c1-33-21-14-17(13-20(27)22(21)34-15-16-8-4-2-5-9-16)12-19-23(28)31-26(29-24(19)32)35-25(30-31)18-10-6-3-7-11-18/h2,4-5,8-9,12-14,18,28H,3,6-7,10-11,15H2,1H3/b19-12-,28-23?. The van der Waals surface area contributed by atoms with Crippen molar-refractivity contribution in [3.63, 3.8) is 0 Å². The Bertz CT molecular complexity index is 1250. The van der Waals surface area contributed by atoms with Crippen molar-refractivity contribution in [2.75, 3.05) is 7.11 Å². The van der Waals surface area contributed by atoms with E-state index in [2.05, 4.69) is 32.7 Å². The van der Waals surface area contributed by atoms with Gasteiger partial charge in [0.25, 0.3) is 5.91 Å². The van der Waals surface area contributed by atoms with E-state index in [9.17, 15) is 4.79 Å². The smallest absolute Gasteiger partial charge is 0.283 e. The molecule has 0 spiro atoms. The topological polar surface area (TPSA) is 87.3 Å². The number of hydrazone groups is 1. The fourth-order valence-corrected chi connectivity index (χ4v) is 6.22. The molecule has 2 aromatic rings. The first-order valence-electron chi connectivity index (χ1n) is 11.6. The molecule has 5 rings (SSSR count). The molecule has 0 unspecified atom stereocenters. The summed E-state index contributed by atoms with van der Waals surface area (Å²) in [7, 11) is 1.59. The van der Waals surface area contributed by atoms with Crippen LogP contribution in [-0.2, 0) is 11.4 Å². The highest BCUT2D eigenvalue weighted by Crippen LogP contribution is 2.38. The molecule has 1 fully saturated rings. The number of rotatable bonds is 6. The van der Waals surface area contributed by atoms with Crippen molar-refractivity contribution < 1.29 is 14.3 Å². The number of amides is 1. The average molecular weight is 600 g/mol. The van der Waals surface area contributed by atoms with E-state index < -0.39 is 5.91 Å². The number of hydrogen-bond donors (Lipinski definition) is 1. The highest BCUT2D eigenvalue weighted by molar-refractivity contribution is 14.1. The minimum atomic E-state index is -0.424. The summed E-state index contributed by atoms with van der Waals surface area (Å²) in [5.74, 6) is 1.23. The molecule has 0 saturated heterocycles. The molecule has 180 valence electrons. The summed E-state index contributed by atoms with van der Waals surface area (Å²) >= 11 is 3.63. The summed E-state index contributed by atoms with van der Waals surface area (Å²) in [5, 5.41) is 16.3. The van der Waals surface area contributed by atoms with Gasteiger partial charge in [-0.1, -0.05) is 49.6 Å². The van der Waals surface area contributed by atoms with Crippen LogP contribution in [0.5, 0.6) is 11.5 Å². The predicted octanol–water partition coefficient (Wildman–Crippen LogP) is 6.08. The zero-order chi connectivity index (χ0) is 24.4. The lowest BCUT2D eigenvalue weighted by Gasteiger charge is -2.20. The number of carbonyl (C=O) groups excluding carboxylic acids is 1. The lowest BCUT2D eigenvalue weighted by Crippen LogP contribution is -2.35. The van der Waals surface area contributed by atoms with Gasteiger partial charge >= 0.3 is 0 Å². The van der Waals surface area contributed by atoms with Gasteiger partial charge in [-0.05, 0) is 76.5 Å². The molecule has 0 atom stereocenters. The third-order valence-electron chi connectivity index (χ3n) is 6.21. The Labute approximate surface area is 222 Å². The van der Waals surface area contributed by atoms with E-state index in [1.165, 1.54) is 36.0 Å². The van der Waals surface area contributed by atoms with Gasteiger partial charge in [-0.3, -0.25) is 10.2 Å². The van der Waals surface area contributed by atoms with Gasteiger partial charge in [0.1, 0.15) is 11.7 Å². The first-order valence-corrected chi connectivity index (χ1v) is 13.5. The van der Waals surface area contributed by atoms with E-state index >= 15 is 0 Å². The summed E-state index contributed by atoms with van der Waals surface area (Å²) in [6.07, 6.45) is 7.54. The Morgan fingerprint density at radius 3 is 2.71 bits per heavy atom. The third kappa shape index (κ3) is 5.16. The van der Waals surface area contributed by atoms with E-state index in [-0.39, 0.29) is 11.4 Å². The zero-order valence-electron chi connectivity index (χ0n) is 19.3. The monoisotopic (exact) mass is 600 g/mol. The first kappa shape index (κ1) is 24.1. The van der Waals surface area contributed by atoms with Gasteiger partial charge in [0.05, 0.1) is 16.3 Å². The Hall–Kier alpha value is -2.66. The van der Waals surface area contributed by atoms with Crippen LogP contribution in [0.3, 0.4) is 0 Å². The van der Waals surface area contributed by atoms with Crippen molar-refractivity contribution in [1.29, 1.82) is 5.41 Å². The molecular formula is C26H25IN4O3S. The van der Waals surface area contributed by atoms with E-state index in [0.29, 0.717) is 29.2 Å². The number of nitrogens with one attached hydrogen (secondary N) is 1. The van der Waals surface area contributed by atoms with Crippen molar-refractivity contribution in [2.24, 2.45) is 16.0 Å². The Morgan fingerprint density at radius 2 is 1.97 bits per heavy atom. The number of methoxy groups -OCH3 is 1. The molecule has 0 radical (unpaired) electrons. The molecule has 9 heteroatoms. The minimum Gasteiger partial charge on any atom is -0.493 e. The largest absolute Gasteiger partial charge is 0.493 e. The Kier molecular flexibility index (Phi) is 7.24. The molecule has 35 heavy (non-hydrogen) atoms. The number of aliphatic imine (C=N–C) groups is 1. The van der Waals surface area contributed by atoms with Crippen LogP contribution in [0.15, 0.2) is 58.1 Å². The second-order valence-electron chi connectivity index (χ2n) is 8.60. The molecule has 0 bridgehead atoms. The van der Waals surface area contributed by atoms with Crippen LogP contribution in [0.4, 0.5) is 0 Å². The van der Waals surface area contributed by atoms with Gasteiger partial charge in [0.15, 0.2) is 17.3 Å². The van der Waals surface area contributed by atoms with Gasteiger partial charge < -0.3 is 9.47 Å². The first-order chi connectivity index (χ1) is 17.0. The van der Waals surface area contributed by atoms with Gasteiger partial charge in [0, 0.05) is 5.92 Å². The van der Waals surface area contributed by atoms with Gasteiger partial charge in [-0.25, -0.2) is 0 Å². The fourth-order valence-electron chi connectivity index (χ4n) is 4.38.